The maximum absolute atomic E-state index is 14.1. The fourth-order valence-corrected chi connectivity index (χ4v) is 11.4. The van der Waals surface area contributed by atoms with E-state index in [2.05, 4.69) is 57.2 Å². The number of hydrogen-bond donors (Lipinski definition) is 0. The lowest BCUT2D eigenvalue weighted by atomic mass is 9.89. The number of hydrogen-bond acceptors (Lipinski definition) is 3. The van der Waals surface area contributed by atoms with Crippen molar-refractivity contribution in [2.45, 2.75) is 50.4 Å². The van der Waals surface area contributed by atoms with E-state index < -0.39 is 29.5 Å². The van der Waals surface area contributed by atoms with Gasteiger partial charge in [-0.15, -0.1) is 0 Å². The van der Waals surface area contributed by atoms with Crippen LogP contribution in [0.15, 0.2) is 126 Å². The highest BCUT2D eigenvalue weighted by molar-refractivity contribution is 7.92. The van der Waals surface area contributed by atoms with Crippen LogP contribution in [0.1, 0.15) is 34.1 Å². The van der Waals surface area contributed by atoms with Crippen molar-refractivity contribution in [3.05, 3.63) is 121 Å². The van der Waals surface area contributed by atoms with Crippen molar-refractivity contribution in [1.82, 2.24) is 0 Å². The average Bonchev–Trinajstić information content (AvgIpc) is 2.92. The van der Waals surface area contributed by atoms with Crippen molar-refractivity contribution in [2.24, 2.45) is 5.41 Å². The van der Waals surface area contributed by atoms with Gasteiger partial charge in [-0.3, -0.25) is 0 Å². The van der Waals surface area contributed by atoms with Gasteiger partial charge in [0.15, 0.2) is 9.84 Å². The van der Waals surface area contributed by atoms with Crippen LogP contribution in [0.25, 0.3) is 0 Å². The highest BCUT2D eigenvalue weighted by atomic mass is 32.2. The molecule has 4 aromatic rings. The summed E-state index contributed by atoms with van der Waals surface area (Å²) in [6.45, 7) is 8.20. The fourth-order valence-electron chi connectivity index (χ4n) is 4.99. The van der Waals surface area contributed by atoms with E-state index in [1.165, 1.54) is 0 Å². The zero-order valence-electron chi connectivity index (χ0n) is 22.0. The standard InChI is InChI=1S/C32H36O3SSi/c1-26(31(25-32(2,3)4)36(33,34)27-17-9-5-10-18-27)35-37(28-19-11-6-12-20-28,29-21-13-7-14-22-29)30-23-15-8-16-24-30/h5-24,26,31H,25H2,1-4H3/t26-,31-/m0/s1. The Balaban J connectivity index is 1.91. The second-order valence-corrected chi connectivity index (χ2v) is 16.3. The average molecular weight is 529 g/mol. The first-order valence-electron chi connectivity index (χ1n) is 12.8. The predicted molar refractivity (Wildman–Crippen MR) is 156 cm³/mol. The summed E-state index contributed by atoms with van der Waals surface area (Å²) in [7, 11) is -6.72. The molecule has 0 aliphatic heterocycles. The van der Waals surface area contributed by atoms with Crippen molar-refractivity contribution < 1.29 is 12.8 Å². The maximum Gasteiger partial charge on any atom is 0.288 e. The Hall–Kier alpha value is -2.99. The van der Waals surface area contributed by atoms with Gasteiger partial charge < -0.3 is 4.43 Å². The van der Waals surface area contributed by atoms with Gasteiger partial charge in [0.05, 0.1) is 16.2 Å². The Bertz CT molecular complexity index is 1270. The van der Waals surface area contributed by atoms with Crippen LogP contribution in [0.2, 0.25) is 0 Å². The molecule has 0 bridgehead atoms. The third kappa shape index (κ3) is 5.95. The molecule has 0 aromatic heterocycles. The van der Waals surface area contributed by atoms with Gasteiger partial charge in [-0.2, -0.15) is 0 Å². The van der Waals surface area contributed by atoms with Gasteiger partial charge in [-0.1, -0.05) is 130 Å². The lowest BCUT2D eigenvalue weighted by molar-refractivity contribution is 0.190. The molecule has 0 saturated heterocycles. The van der Waals surface area contributed by atoms with Crippen LogP contribution >= 0.6 is 0 Å². The topological polar surface area (TPSA) is 43.4 Å². The van der Waals surface area contributed by atoms with Gasteiger partial charge in [0.1, 0.15) is 0 Å². The SMILES string of the molecule is C[C@H](O[Si](c1ccccc1)(c1ccccc1)c1ccccc1)[C@H](CC(C)(C)C)S(=O)(=O)c1ccccc1. The number of benzene rings is 4. The first-order chi connectivity index (χ1) is 17.6. The van der Waals surface area contributed by atoms with Crippen LogP contribution in [0.4, 0.5) is 0 Å². The van der Waals surface area contributed by atoms with E-state index in [9.17, 15) is 8.42 Å². The van der Waals surface area contributed by atoms with E-state index in [1.54, 1.807) is 24.3 Å². The minimum absolute atomic E-state index is 0.208. The summed E-state index contributed by atoms with van der Waals surface area (Å²) in [5.74, 6) is 0. The molecule has 5 heteroatoms. The van der Waals surface area contributed by atoms with E-state index in [0.717, 1.165) is 15.6 Å². The monoisotopic (exact) mass is 528 g/mol. The van der Waals surface area contributed by atoms with Gasteiger partial charge in [0, 0.05) is 0 Å². The molecule has 0 fully saturated rings. The molecule has 37 heavy (non-hydrogen) atoms. The molecule has 0 aliphatic carbocycles. The lowest BCUT2D eigenvalue weighted by Crippen LogP contribution is -2.71. The molecule has 0 N–H and O–H groups in total. The number of rotatable bonds is 9. The van der Waals surface area contributed by atoms with Crippen LogP contribution in [-0.2, 0) is 14.3 Å². The Morgan fingerprint density at radius 2 is 1.00 bits per heavy atom. The zero-order valence-corrected chi connectivity index (χ0v) is 23.9. The Morgan fingerprint density at radius 1 is 0.649 bits per heavy atom. The summed E-state index contributed by atoms with van der Waals surface area (Å²) < 4.78 is 35.4. The molecule has 0 spiro atoms. The van der Waals surface area contributed by atoms with E-state index in [-0.39, 0.29) is 5.41 Å². The zero-order chi connectivity index (χ0) is 26.5. The lowest BCUT2D eigenvalue weighted by Gasteiger charge is -2.39. The molecule has 0 radical (unpaired) electrons. The van der Waals surface area contributed by atoms with E-state index in [4.69, 9.17) is 4.43 Å². The smallest absolute Gasteiger partial charge is 0.288 e. The largest absolute Gasteiger partial charge is 0.400 e. The van der Waals surface area contributed by atoms with Crippen molar-refractivity contribution in [1.29, 1.82) is 0 Å². The second kappa shape index (κ2) is 11.2. The first kappa shape index (κ1) is 27.1. The van der Waals surface area contributed by atoms with E-state index in [1.807, 2.05) is 67.6 Å². The van der Waals surface area contributed by atoms with Crippen LogP contribution in [-0.4, -0.2) is 28.1 Å². The summed E-state index contributed by atoms with van der Waals surface area (Å²) in [5, 5.41) is 2.56. The van der Waals surface area contributed by atoms with E-state index in [0.29, 0.717) is 11.3 Å². The van der Waals surface area contributed by atoms with Gasteiger partial charge in [0.2, 0.25) is 0 Å². The molecular weight excluding hydrogens is 493 g/mol. The molecule has 192 valence electrons. The molecule has 3 nitrogen and oxygen atoms in total. The number of sulfone groups is 1. The maximum atomic E-state index is 14.1. The van der Waals surface area contributed by atoms with Gasteiger partial charge >= 0.3 is 0 Å². The van der Waals surface area contributed by atoms with Gasteiger partial charge in [-0.25, -0.2) is 8.42 Å². The summed E-state index contributed by atoms with van der Waals surface area (Å²) in [6.07, 6.45) is -0.0782. The Kier molecular flexibility index (Phi) is 8.17. The van der Waals surface area contributed by atoms with Crippen LogP contribution in [0.3, 0.4) is 0 Å². The molecule has 0 saturated carbocycles. The second-order valence-electron chi connectivity index (χ2n) is 10.8. The molecule has 0 unspecified atom stereocenters. The predicted octanol–water partition coefficient (Wildman–Crippen LogP) is 5.34. The highest BCUT2D eigenvalue weighted by Crippen LogP contribution is 2.32. The first-order valence-corrected chi connectivity index (χ1v) is 16.2. The van der Waals surface area contributed by atoms with Gasteiger partial charge in [0.25, 0.3) is 8.32 Å². The summed E-state index contributed by atoms with van der Waals surface area (Å²) in [6, 6.07) is 39.7. The van der Waals surface area contributed by atoms with Crippen molar-refractivity contribution in [3.63, 3.8) is 0 Å². The van der Waals surface area contributed by atoms with Crippen molar-refractivity contribution in [3.8, 4) is 0 Å². The minimum Gasteiger partial charge on any atom is -0.400 e. The normalized spacial score (nSPS) is 14.2. The Labute approximate surface area is 223 Å². The van der Waals surface area contributed by atoms with E-state index >= 15 is 0 Å². The Morgan fingerprint density at radius 3 is 1.35 bits per heavy atom. The highest BCUT2D eigenvalue weighted by Gasteiger charge is 2.46. The minimum atomic E-state index is -3.66. The van der Waals surface area contributed by atoms with Gasteiger partial charge in [-0.05, 0) is 46.5 Å². The molecule has 4 rings (SSSR count). The molecule has 0 heterocycles. The third-order valence-corrected chi connectivity index (χ3v) is 13.2. The fraction of sp³-hybridized carbons (Fsp3) is 0.250. The molecular formula is C32H36O3SSi. The quantitative estimate of drug-likeness (QED) is 0.218. The van der Waals surface area contributed by atoms with Crippen LogP contribution < -0.4 is 15.6 Å². The molecule has 0 aliphatic rings. The summed E-state index contributed by atoms with van der Waals surface area (Å²) in [5.41, 5.74) is -0.208. The van der Waals surface area contributed by atoms with Crippen molar-refractivity contribution in [2.75, 3.05) is 0 Å². The molecule has 4 aromatic carbocycles. The third-order valence-electron chi connectivity index (χ3n) is 6.71. The van der Waals surface area contributed by atoms with Crippen LogP contribution in [0, 0.1) is 5.41 Å². The van der Waals surface area contributed by atoms with Crippen LogP contribution in [0.5, 0.6) is 0 Å². The summed E-state index contributed by atoms with van der Waals surface area (Å²) >= 11 is 0. The summed E-state index contributed by atoms with van der Waals surface area (Å²) in [4.78, 5) is 0.339. The van der Waals surface area contributed by atoms with Crippen molar-refractivity contribution >= 4 is 33.7 Å². The molecule has 0 amide bonds. The molecule has 2 atom stereocenters.